The van der Waals surface area contributed by atoms with Gasteiger partial charge in [0.2, 0.25) is 6.41 Å². The number of alkyl halides is 1. The number of nitrogens with one attached hydrogen (secondary N) is 2. The molecule has 0 aliphatic carbocycles. The number of benzene rings is 2. The van der Waals surface area contributed by atoms with Crippen molar-refractivity contribution in [2.75, 3.05) is 71.2 Å². The third-order valence-electron chi connectivity index (χ3n) is 11.5. The SMILES string of the molecule is CCOC(=O)CNP(OCC)Oc1cc(-c2ncc3c(N4CC(F)CC(C)(NC=O)C4)nc(OCC45CCCN4CCC5)nc3c2F)c2c(CCCOC)c(F)ccc2c1. The van der Waals surface area contributed by atoms with Crippen LogP contribution < -0.4 is 24.6 Å². The average molecular weight is 856 g/mol. The van der Waals surface area contributed by atoms with Crippen LogP contribution in [0.5, 0.6) is 11.8 Å². The lowest BCUT2D eigenvalue weighted by molar-refractivity contribution is -0.141. The second-order valence-corrected chi connectivity index (χ2v) is 17.1. The first kappa shape index (κ1) is 43.7. The molecule has 0 bridgehead atoms. The van der Waals surface area contributed by atoms with Crippen molar-refractivity contribution in [2.45, 2.75) is 83.0 Å². The molecule has 3 aliphatic rings. The van der Waals surface area contributed by atoms with Crippen molar-refractivity contribution in [3.8, 4) is 23.0 Å². The molecule has 18 heteroatoms. The van der Waals surface area contributed by atoms with Gasteiger partial charge in [0.25, 0.3) is 0 Å². The van der Waals surface area contributed by atoms with Crippen LogP contribution in [0.15, 0.2) is 30.5 Å². The molecule has 3 fully saturated rings. The predicted octanol–water partition coefficient (Wildman–Crippen LogP) is 6.56. The Hall–Kier alpha value is -4.41. The number of pyridine rings is 1. The van der Waals surface area contributed by atoms with E-state index in [0.29, 0.717) is 42.4 Å². The van der Waals surface area contributed by atoms with Crippen molar-refractivity contribution in [2.24, 2.45) is 0 Å². The number of halogens is 3. The fourth-order valence-electron chi connectivity index (χ4n) is 8.95. The monoisotopic (exact) mass is 855 g/mol. The van der Waals surface area contributed by atoms with Gasteiger partial charge in [0, 0.05) is 38.4 Å². The zero-order valence-corrected chi connectivity index (χ0v) is 35.4. The van der Waals surface area contributed by atoms with Crippen LogP contribution >= 0.6 is 8.53 Å². The zero-order chi connectivity index (χ0) is 42.4. The highest BCUT2D eigenvalue weighted by Crippen LogP contribution is 2.44. The summed E-state index contributed by atoms with van der Waals surface area (Å²) in [6.45, 7) is 8.27. The van der Waals surface area contributed by atoms with Gasteiger partial charge in [0.1, 0.15) is 47.9 Å². The highest BCUT2D eigenvalue weighted by Gasteiger charge is 2.45. The Morgan fingerprint density at radius 3 is 2.65 bits per heavy atom. The molecule has 60 heavy (non-hydrogen) atoms. The molecule has 324 valence electrons. The van der Waals surface area contributed by atoms with Gasteiger partial charge in [-0.05, 0) is 107 Å². The van der Waals surface area contributed by atoms with Gasteiger partial charge in [-0.3, -0.25) is 19.5 Å². The van der Waals surface area contributed by atoms with Crippen LogP contribution in [0.3, 0.4) is 0 Å². The molecule has 14 nitrogen and oxygen atoms in total. The van der Waals surface area contributed by atoms with Gasteiger partial charge in [-0.15, -0.1) is 0 Å². The van der Waals surface area contributed by atoms with Crippen LogP contribution in [0.25, 0.3) is 32.9 Å². The van der Waals surface area contributed by atoms with Gasteiger partial charge in [0.15, 0.2) is 5.82 Å². The van der Waals surface area contributed by atoms with Gasteiger partial charge in [-0.2, -0.15) is 9.97 Å². The van der Waals surface area contributed by atoms with Gasteiger partial charge >= 0.3 is 20.5 Å². The molecule has 0 radical (unpaired) electrons. The molecule has 3 unspecified atom stereocenters. The maximum atomic E-state index is 17.6. The summed E-state index contributed by atoms with van der Waals surface area (Å²) in [5.74, 6) is -1.34. The highest BCUT2D eigenvalue weighted by atomic mass is 31.2. The molecule has 2 aromatic heterocycles. The number of methoxy groups -OCH3 is 1. The number of ether oxygens (including phenoxy) is 3. The largest absolute Gasteiger partial charge is 0.465 e. The molecule has 5 heterocycles. The van der Waals surface area contributed by atoms with Crippen molar-refractivity contribution >= 4 is 48.4 Å². The van der Waals surface area contributed by atoms with Crippen LogP contribution in [0.4, 0.5) is 19.0 Å². The number of fused-ring (bicyclic) bond motifs is 3. The Bertz CT molecular complexity index is 2180. The average Bonchev–Trinajstić information content (AvgIpc) is 3.81. The number of piperidine rings is 1. The molecule has 0 saturated carbocycles. The van der Waals surface area contributed by atoms with E-state index in [0.717, 1.165) is 38.8 Å². The molecular formula is C42H53F3N7O7P. The third-order valence-corrected chi connectivity index (χ3v) is 12.8. The van der Waals surface area contributed by atoms with E-state index in [-0.39, 0.29) is 91.0 Å². The van der Waals surface area contributed by atoms with E-state index in [4.69, 9.17) is 28.2 Å². The number of carbonyl (C=O) groups excluding carboxylic acids is 2. The Labute approximate surface area is 348 Å². The summed E-state index contributed by atoms with van der Waals surface area (Å²) in [5, 5.41) is 6.88. The van der Waals surface area contributed by atoms with E-state index >= 15 is 13.2 Å². The molecule has 2 N–H and O–H groups in total. The molecule has 3 aliphatic heterocycles. The maximum Gasteiger partial charge on any atom is 0.320 e. The van der Waals surface area contributed by atoms with E-state index in [9.17, 15) is 9.59 Å². The number of hydrogen-bond donors (Lipinski definition) is 2. The second-order valence-electron chi connectivity index (χ2n) is 15.8. The van der Waals surface area contributed by atoms with Gasteiger partial charge in [0.05, 0.1) is 36.2 Å². The summed E-state index contributed by atoms with van der Waals surface area (Å²) in [7, 11) is -0.314. The van der Waals surface area contributed by atoms with E-state index in [1.807, 2.05) is 0 Å². The van der Waals surface area contributed by atoms with Gasteiger partial charge < -0.3 is 33.5 Å². The first-order valence-electron chi connectivity index (χ1n) is 20.6. The molecule has 3 saturated heterocycles. The number of anilines is 1. The Balaban J connectivity index is 1.37. The van der Waals surface area contributed by atoms with Crippen LogP contribution in [0.2, 0.25) is 0 Å². The lowest BCUT2D eigenvalue weighted by Gasteiger charge is -2.42. The second kappa shape index (κ2) is 19.1. The number of aromatic nitrogens is 3. The van der Waals surface area contributed by atoms with E-state index < -0.39 is 37.8 Å². The summed E-state index contributed by atoms with van der Waals surface area (Å²) in [5.41, 5.74) is -0.805. The Morgan fingerprint density at radius 1 is 1.12 bits per heavy atom. The van der Waals surface area contributed by atoms with Crippen molar-refractivity contribution in [1.29, 1.82) is 0 Å². The third kappa shape index (κ3) is 9.40. The smallest absolute Gasteiger partial charge is 0.320 e. The summed E-state index contributed by atoms with van der Waals surface area (Å²) in [6, 6.07) is 6.14. The van der Waals surface area contributed by atoms with Crippen LogP contribution in [-0.4, -0.2) is 116 Å². The first-order valence-corrected chi connectivity index (χ1v) is 21.8. The minimum absolute atomic E-state index is 0.0656. The standard InChI is InChI=1S/C42H53F3N7O7P/c1-5-56-34(54)22-48-60(58-6-2)59-29-18-27-11-12-33(44)30(10-7-17-55-4)35(27)31(19-29)37-36(45)38-32(21-46-37)39(51-23-28(43)20-41(3,24-51)47-26-53)50-40(49-38)57-25-42-13-8-15-52(42)16-9-14-42/h11-12,18-19,21,26,28,48H,5-10,13-17,20,22-25H2,1-4H3,(H,47,53). The number of aryl methyl sites for hydroxylation is 1. The van der Waals surface area contributed by atoms with Crippen molar-refractivity contribution in [1.82, 2.24) is 30.3 Å². The molecule has 3 atom stereocenters. The highest BCUT2D eigenvalue weighted by molar-refractivity contribution is 7.45. The normalized spacial score (nSPS) is 20.6. The van der Waals surface area contributed by atoms with Gasteiger partial charge in [-0.1, -0.05) is 6.07 Å². The molecule has 0 spiro atoms. The topological polar surface area (TPSA) is 150 Å². The Kier molecular flexibility index (Phi) is 13.9. The van der Waals surface area contributed by atoms with E-state index in [2.05, 4.69) is 25.3 Å². The van der Waals surface area contributed by atoms with Gasteiger partial charge in [-0.25, -0.2) is 18.3 Å². The summed E-state index contributed by atoms with van der Waals surface area (Å²) < 4.78 is 77.8. The Morgan fingerprint density at radius 2 is 1.92 bits per heavy atom. The van der Waals surface area contributed by atoms with Crippen molar-refractivity contribution < 1.29 is 46.0 Å². The minimum Gasteiger partial charge on any atom is -0.465 e. The van der Waals surface area contributed by atoms with Crippen molar-refractivity contribution in [3.05, 3.63) is 47.7 Å². The summed E-state index contributed by atoms with van der Waals surface area (Å²) in [6.07, 6.45) is 5.52. The molecule has 1 amide bonds. The zero-order valence-electron chi connectivity index (χ0n) is 34.5. The number of carbonyl (C=O) groups is 2. The number of esters is 1. The number of hydrogen-bond acceptors (Lipinski definition) is 13. The predicted molar refractivity (Wildman–Crippen MR) is 222 cm³/mol. The van der Waals surface area contributed by atoms with Crippen LogP contribution in [0.1, 0.15) is 64.9 Å². The fourth-order valence-corrected chi connectivity index (χ4v) is 9.95. The van der Waals surface area contributed by atoms with Crippen LogP contribution in [0, 0.1) is 11.6 Å². The van der Waals surface area contributed by atoms with E-state index in [1.165, 1.54) is 12.3 Å². The lowest BCUT2D eigenvalue weighted by atomic mass is 9.90. The first-order chi connectivity index (χ1) is 29.0. The van der Waals surface area contributed by atoms with Crippen LogP contribution in [-0.2, 0) is 30.0 Å². The minimum atomic E-state index is -1.88. The fraction of sp³-hybridized carbons (Fsp3) is 0.548. The molecule has 2 aromatic carbocycles. The summed E-state index contributed by atoms with van der Waals surface area (Å²) in [4.78, 5) is 42.0. The molecular weight excluding hydrogens is 802 g/mol. The molecule has 4 aromatic rings. The van der Waals surface area contributed by atoms with Crippen molar-refractivity contribution in [3.63, 3.8) is 0 Å². The number of rotatable bonds is 19. The maximum absolute atomic E-state index is 17.6. The van der Waals surface area contributed by atoms with E-state index in [1.54, 1.807) is 51.0 Å². The molecule has 7 rings (SSSR count). The lowest BCUT2D eigenvalue weighted by Crippen LogP contribution is -2.58. The number of nitrogens with zero attached hydrogens (tertiary/aromatic N) is 5. The number of amides is 1. The quantitative estimate of drug-likeness (QED) is 0.0455. The summed E-state index contributed by atoms with van der Waals surface area (Å²) >= 11 is 0.